The van der Waals surface area contributed by atoms with Crippen LogP contribution in [-0.2, 0) is 9.59 Å². The van der Waals surface area contributed by atoms with Crippen molar-refractivity contribution >= 4 is 34.4 Å². The summed E-state index contributed by atoms with van der Waals surface area (Å²) in [4.78, 5) is 25.6. The van der Waals surface area contributed by atoms with Gasteiger partial charge in [0.15, 0.2) is 0 Å². The van der Waals surface area contributed by atoms with Gasteiger partial charge in [-0.15, -0.1) is 0 Å². The van der Waals surface area contributed by atoms with Gasteiger partial charge in [0.25, 0.3) is 0 Å². The van der Waals surface area contributed by atoms with E-state index in [0.29, 0.717) is 5.69 Å². The lowest BCUT2D eigenvalue weighted by Crippen LogP contribution is -2.33. The second kappa shape index (κ2) is 9.01. The summed E-state index contributed by atoms with van der Waals surface area (Å²) >= 11 is 0. The summed E-state index contributed by atoms with van der Waals surface area (Å²) in [6.45, 7) is -0.113. The monoisotopic (exact) mass is 392 g/mol. The number of benzene rings is 3. The van der Waals surface area contributed by atoms with Crippen molar-refractivity contribution in [1.82, 2.24) is 4.90 Å². The molecule has 2 amide bonds. The van der Waals surface area contributed by atoms with Crippen LogP contribution in [0, 0.1) is 5.82 Å². The molecule has 0 aromatic heterocycles. The Balaban J connectivity index is 1.59. The van der Waals surface area contributed by atoms with Crippen molar-refractivity contribution in [2.75, 3.05) is 26.0 Å². The SMILES string of the molecule is COc1ccc2cc(/C=C/C(=O)N(C)CC(=O)Nc3ccc(F)cc3)ccc2c1. The van der Waals surface area contributed by atoms with E-state index < -0.39 is 0 Å². The fourth-order valence-corrected chi connectivity index (χ4v) is 2.79. The first-order chi connectivity index (χ1) is 13.9. The van der Waals surface area contributed by atoms with Crippen molar-refractivity contribution in [2.45, 2.75) is 0 Å². The van der Waals surface area contributed by atoms with Crippen molar-refractivity contribution in [1.29, 1.82) is 0 Å². The molecule has 0 saturated carbocycles. The number of fused-ring (bicyclic) bond motifs is 1. The van der Waals surface area contributed by atoms with E-state index in [4.69, 9.17) is 4.74 Å². The Kier molecular flexibility index (Phi) is 6.24. The van der Waals surface area contributed by atoms with Gasteiger partial charge in [-0.05, 0) is 64.9 Å². The molecule has 1 N–H and O–H groups in total. The minimum absolute atomic E-state index is 0.113. The highest BCUT2D eigenvalue weighted by Gasteiger charge is 2.11. The van der Waals surface area contributed by atoms with Gasteiger partial charge < -0.3 is 15.0 Å². The second-order valence-corrected chi connectivity index (χ2v) is 6.56. The average Bonchev–Trinajstić information content (AvgIpc) is 2.73. The zero-order chi connectivity index (χ0) is 20.8. The van der Waals surface area contributed by atoms with Gasteiger partial charge in [-0.25, -0.2) is 4.39 Å². The van der Waals surface area contributed by atoms with Crippen LogP contribution in [0.2, 0.25) is 0 Å². The minimum atomic E-state index is -0.381. The number of nitrogens with zero attached hydrogens (tertiary/aromatic N) is 1. The summed E-state index contributed by atoms with van der Waals surface area (Å²) in [5, 5.41) is 4.70. The fourth-order valence-electron chi connectivity index (χ4n) is 2.79. The number of ether oxygens (including phenoxy) is 1. The van der Waals surface area contributed by atoms with Crippen LogP contribution >= 0.6 is 0 Å². The molecule has 0 spiro atoms. The molecule has 5 nitrogen and oxygen atoms in total. The quantitative estimate of drug-likeness (QED) is 0.643. The maximum absolute atomic E-state index is 12.9. The van der Waals surface area contributed by atoms with Crippen LogP contribution in [0.15, 0.2) is 66.7 Å². The first-order valence-electron chi connectivity index (χ1n) is 9.01. The summed E-state index contributed by atoms with van der Waals surface area (Å²) in [7, 11) is 3.17. The normalized spacial score (nSPS) is 10.9. The first kappa shape index (κ1) is 20.1. The number of nitrogens with one attached hydrogen (secondary N) is 1. The molecule has 0 atom stereocenters. The third-order valence-electron chi connectivity index (χ3n) is 4.37. The molecule has 0 fully saturated rings. The molecule has 0 unspecified atom stereocenters. The molecule has 6 heteroatoms. The van der Waals surface area contributed by atoms with Crippen molar-refractivity contribution in [3.63, 3.8) is 0 Å². The van der Waals surface area contributed by atoms with Crippen LogP contribution in [0.25, 0.3) is 16.8 Å². The Morgan fingerprint density at radius 2 is 1.72 bits per heavy atom. The van der Waals surface area contributed by atoms with E-state index in [9.17, 15) is 14.0 Å². The van der Waals surface area contributed by atoms with Crippen LogP contribution in [0.4, 0.5) is 10.1 Å². The van der Waals surface area contributed by atoms with E-state index >= 15 is 0 Å². The van der Waals surface area contributed by atoms with Gasteiger partial charge in [0.05, 0.1) is 13.7 Å². The van der Waals surface area contributed by atoms with Crippen molar-refractivity contribution in [3.8, 4) is 5.75 Å². The standard InChI is InChI=1S/C23H21FN2O3/c1-26(15-22(27)25-20-9-7-19(24)8-10-20)23(28)12-4-16-3-5-18-14-21(29-2)11-6-17(18)13-16/h3-14H,15H2,1-2H3,(H,25,27)/b12-4+. The van der Waals surface area contributed by atoms with E-state index in [1.54, 1.807) is 20.2 Å². The lowest BCUT2D eigenvalue weighted by atomic mass is 10.1. The molecule has 0 bridgehead atoms. The zero-order valence-corrected chi connectivity index (χ0v) is 16.2. The molecule has 3 aromatic carbocycles. The summed E-state index contributed by atoms with van der Waals surface area (Å²) in [6.07, 6.45) is 3.14. The van der Waals surface area contributed by atoms with E-state index in [2.05, 4.69) is 5.32 Å². The number of anilines is 1. The molecule has 3 rings (SSSR count). The topological polar surface area (TPSA) is 58.6 Å². The summed E-state index contributed by atoms with van der Waals surface area (Å²) in [5.41, 5.74) is 1.35. The number of amides is 2. The molecular formula is C23H21FN2O3. The minimum Gasteiger partial charge on any atom is -0.497 e. The smallest absolute Gasteiger partial charge is 0.246 e. The highest BCUT2D eigenvalue weighted by atomic mass is 19.1. The van der Waals surface area contributed by atoms with Crippen LogP contribution in [-0.4, -0.2) is 37.4 Å². The van der Waals surface area contributed by atoms with Gasteiger partial charge in [0, 0.05) is 18.8 Å². The molecule has 0 radical (unpaired) electrons. The number of rotatable bonds is 6. The Bertz CT molecular complexity index is 1060. The molecule has 0 heterocycles. The van der Waals surface area contributed by atoms with Crippen molar-refractivity contribution in [2.24, 2.45) is 0 Å². The fraction of sp³-hybridized carbons (Fsp3) is 0.130. The average molecular weight is 392 g/mol. The third-order valence-corrected chi connectivity index (χ3v) is 4.37. The lowest BCUT2D eigenvalue weighted by Gasteiger charge is -2.14. The number of carbonyl (C=O) groups is 2. The molecule has 0 aliphatic heterocycles. The van der Waals surface area contributed by atoms with E-state index in [1.165, 1.54) is 35.2 Å². The highest BCUT2D eigenvalue weighted by molar-refractivity contribution is 5.98. The number of carbonyl (C=O) groups excluding carboxylic acids is 2. The molecule has 148 valence electrons. The second-order valence-electron chi connectivity index (χ2n) is 6.56. The highest BCUT2D eigenvalue weighted by Crippen LogP contribution is 2.22. The van der Waals surface area contributed by atoms with Gasteiger partial charge in [0.2, 0.25) is 11.8 Å². The number of hydrogen-bond acceptors (Lipinski definition) is 3. The van der Waals surface area contributed by atoms with Crippen LogP contribution in [0.3, 0.4) is 0 Å². The van der Waals surface area contributed by atoms with Crippen molar-refractivity contribution < 1.29 is 18.7 Å². The predicted octanol–water partition coefficient (Wildman–Crippen LogP) is 4.10. The zero-order valence-electron chi connectivity index (χ0n) is 16.2. The van der Waals surface area contributed by atoms with E-state index in [-0.39, 0.29) is 24.2 Å². The molecule has 0 saturated heterocycles. The predicted molar refractivity (Wildman–Crippen MR) is 112 cm³/mol. The lowest BCUT2D eigenvalue weighted by molar-refractivity contribution is -0.129. The largest absolute Gasteiger partial charge is 0.497 e. The Morgan fingerprint density at radius 3 is 2.45 bits per heavy atom. The number of methoxy groups -OCH3 is 1. The Hall–Kier alpha value is -3.67. The van der Waals surface area contributed by atoms with Crippen LogP contribution in [0.5, 0.6) is 5.75 Å². The van der Waals surface area contributed by atoms with Crippen LogP contribution < -0.4 is 10.1 Å². The molecule has 29 heavy (non-hydrogen) atoms. The Morgan fingerprint density at radius 1 is 1.03 bits per heavy atom. The molecule has 0 aliphatic rings. The number of halogens is 1. The summed E-state index contributed by atoms with van der Waals surface area (Å²) in [6, 6.07) is 17.1. The van der Waals surface area contributed by atoms with Gasteiger partial charge in [-0.1, -0.05) is 18.2 Å². The van der Waals surface area contributed by atoms with Crippen LogP contribution in [0.1, 0.15) is 5.56 Å². The maximum Gasteiger partial charge on any atom is 0.246 e. The first-order valence-corrected chi connectivity index (χ1v) is 9.01. The van der Waals surface area contributed by atoms with Gasteiger partial charge in [0.1, 0.15) is 11.6 Å². The third kappa shape index (κ3) is 5.42. The summed E-state index contributed by atoms with van der Waals surface area (Å²) in [5.74, 6) is -0.251. The van der Waals surface area contributed by atoms with Gasteiger partial charge in [-0.2, -0.15) is 0 Å². The van der Waals surface area contributed by atoms with E-state index in [1.807, 2.05) is 36.4 Å². The van der Waals surface area contributed by atoms with Gasteiger partial charge >= 0.3 is 0 Å². The van der Waals surface area contributed by atoms with Gasteiger partial charge in [-0.3, -0.25) is 9.59 Å². The van der Waals surface area contributed by atoms with E-state index in [0.717, 1.165) is 22.1 Å². The summed E-state index contributed by atoms with van der Waals surface area (Å²) < 4.78 is 18.1. The molecule has 3 aromatic rings. The maximum atomic E-state index is 12.9. The Labute approximate surface area is 168 Å². The number of likely N-dealkylation sites (N-methyl/N-ethyl adjacent to an activating group) is 1. The van der Waals surface area contributed by atoms with Crippen molar-refractivity contribution in [3.05, 3.63) is 78.1 Å². The number of hydrogen-bond donors (Lipinski definition) is 1. The molecular weight excluding hydrogens is 371 g/mol. The molecule has 0 aliphatic carbocycles.